The van der Waals surface area contributed by atoms with Crippen LogP contribution in [-0.2, 0) is 19.6 Å². The van der Waals surface area contributed by atoms with E-state index in [1.54, 1.807) is 0 Å². The molecule has 3 rings (SSSR count). The number of hydrogen-bond acceptors (Lipinski definition) is 6. The first-order chi connectivity index (χ1) is 13.4. The summed E-state index contributed by atoms with van der Waals surface area (Å²) < 4.78 is 37.4. The van der Waals surface area contributed by atoms with Crippen LogP contribution in [0.5, 0.6) is 5.75 Å². The highest BCUT2D eigenvalue weighted by atomic mass is 35.5. The summed E-state index contributed by atoms with van der Waals surface area (Å²) in [5, 5.41) is 3.11. The third-order valence-corrected chi connectivity index (χ3v) is 7.14. The van der Waals surface area contributed by atoms with Gasteiger partial charge in [0.05, 0.1) is 23.1 Å². The van der Waals surface area contributed by atoms with Gasteiger partial charge in [0.2, 0.25) is 10.0 Å². The van der Waals surface area contributed by atoms with Crippen molar-refractivity contribution in [1.82, 2.24) is 14.5 Å². The number of morpholine rings is 1. The van der Waals surface area contributed by atoms with Crippen LogP contribution in [-0.4, -0.2) is 82.6 Å². The number of hydrogen-bond donors (Lipinski definition) is 1. The Bertz CT molecular complexity index is 790. The normalized spacial score (nSPS) is 20.1. The summed E-state index contributed by atoms with van der Waals surface area (Å²) in [7, 11) is -1.56. The number of piperidine rings is 1. The molecule has 28 heavy (non-hydrogen) atoms. The van der Waals surface area contributed by atoms with E-state index in [0.29, 0.717) is 26.3 Å². The van der Waals surface area contributed by atoms with E-state index in [0.717, 1.165) is 25.9 Å². The van der Waals surface area contributed by atoms with Gasteiger partial charge in [-0.25, -0.2) is 8.42 Å². The summed E-state index contributed by atoms with van der Waals surface area (Å²) >= 11 is 6.20. The lowest BCUT2D eigenvalue weighted by Gasteiger charge is -2.29. The standard InChI is InChI=1S/C18H26ClN3O5S/c1-21-6-4-14(5-7-21)20-18(23)13-27-17-3-2-15(12-16(17)19)28(24,25)22-8-10-26-11-9-22/h2-3,12,14H,4-11,13H2,1H3,(H,20,23). The lowest BCUT2D eigenvalue weighted by molar-refractivity contribution is -0.124. The van der Waals surface area contributed by atoms with Gasteiger partial charge in [-0.05, 0) is 51.2 Å². The first-order valence-electron chi connectivity index (χ1n) is 9.34. The number of ether oxygens (including phenoxy) is 2. The zero-order valence-electron chi connectivity index (χ0n) is 15.9. The van der Waals surface area contributed by atoms with Crippen LogP contribution < -0.4 is 10.1 Å². The Hall–Kier alpha value is -1.39. The van der Waals surface area contributed by atoms with E-state index in [1.807, 2.05) is 0 Å². The molecule has 2 saturated heterocycles. The highest BCUT2D eigenvalue weighted by Crippen LogP contribution is 2.29. The van der Waals surface area contributed by atoms with Crippen molar-refractivity contribution in [2.24, 2.45) is 0 Å². The largest absolute Gasteiger partial charge is 0.482 e. The molecule has 0 spiro atoms. The Balaban J connectivity index is 1.56. The zero-order valence-corrected chi connectivity index (χ0v) is 17.5. The number of amides is 1. The van der Waals surface area contributed by atoms with Crippen molar-refractivity contribution < 1.29 is 22.7 Å². The summed E-state index contributed by atoms with van der Waals surface area (Å²) in [4.78, 5) is 14.4. The van der Waals surface area contributed by atoms with Crippen LogP contribution >= 0.6 is 11.6 Å². The van der Waals surface area contributed by atoms with Crippen LogP contribution in [0.2, 0.25) is 5.02 Å². The third kappa shape index (κ3) is 5.36. The SMILES string of the molecule is CN1CCC(NC(=O)COc2ccc(S(=O)(=O)N3CCOCC3)cc2Cl)CC1. The van der Waals surface area contributed by atoms with Crippen molar-refractivity contribution in [3.8, 4) is 5.75 Å². The smallest absolute Gasteiger partial charge is 0.258 e. The van der Waals surface area contributed by atoms with Gasteiger partial charge in [0.1, 0.15) is 5.75 Å². The Morgan fingerprint density at radius 1 is 1.25 bits per heavy atom. The average molecular weight is 432 g/mol. The molecular formula is C18H26ClN3O5S. The zero-order chi connectivity index (χ0) is 20.1. The number of benzene rings is 1. The highest BCUT2D eigenvalue weighted by Gasteiger charge is 2.27. The first kappa shape index (κ1) is 21.3. The van der Waals surface area contributed by atoms with Gasteiger partial charge in [0, 0.05) is 19.1 Å². The highest BCUT2D eigenvalue weighted by molar-refractivity contribution is 7.89. The molecule has 2 fully saturated rings. The minimum absolute atomic E-state index is 0.0996. The minimum atomic E-state index is -3.63. The number of likely N-dealkylation sites (tertiary alicyclic amines) is 1. The summed E-state index contributed by atoms with van der Waals surface area (Å²) in [6.07, 6.45) is 1.83. The molecule has 0 saturated carbocycles. The fraction of sp³-hybridized carbons (Fsp3) is 0.611. The van der Waals surface area contributed by atoms with Gasteiger partial charge in [-0.15, -0.1) is 0 Å². The molecule has 0 aromatic heterocycles. The van der Waals surface area contributed by atoms with Crippen LogP contribution in [0.1, 0.15) is 12.8 Å². The van der Waals surface area contributed by atoms with E-state index in [4.69, 9.17) is 21.1 Å². The number of nitrogens with zero attached hydrogens (tertiary/aromatic N) is 2. The average Bonchev–Trinajstić information content (AvgIpc) is 2.69. The van der Waals surface area contributed by atoms with E-state index < -0.39 is 10.0 Å². The molecule has 1 aromatic carbocycles. The number of nitrogens with one attached hydrogen (secondary N) is 1. The van der Waals surface area contributed by atoms with E-state index in [2.05, 4.69) is 17.3 Å². The summed E-state index contributed by atoms with van der Waals surface area (Å²) in [5.74, 6) is 0.0664. The van der Waals surface area contributed by atoms with Crippen molar-refractivity contribution in [3.63, 3.8) is 0 Å². The minimum Gasteiger partial charge on any atom is -0.482 e. The fourth-order valence-electron chi connectivity index (χ4n) is 3.26. The van der Waals surface area contributed by atoms with Gasteiger partial charge in [0.25, 0.3) is 5.91 Å². The molecule has 0 aliphatic carbocycles. The van der Waals surface area contributed by atoms with Gasteiger partial charge < -0.3 is 19.7 Å². The lowest BCUT2D eigenvalue weighted by atomic mass is 10.1. The molecule has 1 aromatic rings. The number of halogens is 1. The maximum Gasteiger partial charge on any atom is 0.258 e. The van der Waals surface area contributed by atoms with E-state index in [-0.39, 0.29) is 34.2 Å². The van der Waals surface area contributed by atoms with Crippen molar-refractivity contribution >= 4 is 27.5 Å². The number of carbonyl (C=O) groups excluding carboxylic acids is 1. The Kier molecular flexibility index (Phi) is 7.16. The topological polar surface area (TPSA) is 88.2 Å². The molecule has 10 heteroatoms. The van der Waals surface area contributed by atoms with Crippen LogP contribution in [0.4, 0.5) is 0 Å². The molecule has 2 heterocycles. The maximum absolute atomic E-state index is 12.7. The van der Waals surface area contributed by atoms with Crippen LogP contribution in [0.25, 0.3) is 0 Å². The second-order valence-electron chi connectivity index (χ2n) is 7.04. The van der Waals surface area contributed by atoms with Crippen molar-refractivity contribution in [3.05, 3.63) is 23.2 Å². The van der Waals surface area contributed by atoms with E-state index >= 15 is 0 Å². The molecular weight excluding hydrogens is 406 g/mol. The van der Waals surface area contributed by atoms with Gasteiger partial charge in [-0.3, -0.25) is 4.79 Å². The molecule has 8 nitrogen and oxygen atoms in total. The van der Waals surface area contributed by atoms with Crippen molar-refractivity contribution in [2.45, 2.75) is 23.8 Å². The molecule has 2 aliphatic heterocycles. The molecule has 1 amide bonds. The molecule has 1 N–H and O–H groups in total. The first-order valence-corrected chi connectivity index (χ1v) is 11.2. The van der Waals surface area contributed by atoms with Crippen molar-refractivity contribution in [1.29, 1.82) is 0 Å². The number of carbonyl (C=O) groups is 1. The van der Waals surface area contributed by atoms with Gasteiger partial charge >= 0.3 is 0 Å². The Morgan fingerprint density at radius 2 is 1.93 bits per heavy atom. The van der Waals surface area contributed by atoms with Crippen LogP contribution in [0.15, 0.2) is 23.1 Å². The number of sulfonamides is 1. The predicted octanol–water partition coefficient (Wildman–Crippen LogP) is 0.950. The Morgan fingerprint density at radius 3 is 2.57 bits per heavy atom. The van der Waals surface area contributed by atoms with Crippen molar-refractivity contribution in [2.75, 3.05) is 53.0 Å². The summed E-state index contributed by atoms with van der Waals surface area (Å²) in [6.45, 7) is 3.13. The summed E-state index contributed by atoms with van der Waals surface area (Å²) in [5.41, 5.74) is 0. The summed E-state index contributed by atoms with van der Waals surface area (Å²) in [6, 6.07) is 4.44. The molecule has 0 atom stereocenters. The van der Waals surface area contributed by atoms with E-state index in [9.17, 15) is 13.2 Å². The number of rotatable bonds is 6. The van der Waals surface area contributed by atoms with E-state index in [1.165, 1.54) is 22.5 Å². The molecule has 0 radical (unpaired) electrons. The van der Waals surface area contributed by atoms with Gasteiger partial charge in [0.15, 0.2) is 6.61 Å². The Labute approximate surface area is 170 Å². The third-order valence-electron chi connectivity index (χ3n) is 4.95. The van der Waals surface area contributed by atoms with Crippen LogP contribution in [0.3, 0.4) is 0 Å². The fourth-order valence-corrected chi connectivity index (χ4v) is 5.00. The van der Waals surface area contributed by atoms with Gasteiger partial charge in [-0.2, -0.15) is 4.31 Å². The predicted molar refractivity (Wildman–Crippen MR) is 105 cm³/mol. The molecule has 0 unspecified atom stereocenters. The maximum atomic E-state index is 12.7. The van der Waals surface area contributed by atoms with Crippen LogP contribution in [0, 0.1) is 0 Å². The quantitative estimate of drug-likeness (QED) is 0.721. The molecule has 156 valence electrons. The lowest BCUT2D eigenvalue weighted by Crippen LogP contribution is -2.44. The molecule has 0 bridgehead atoms. The van der Waals surface area contributed by atoms with Gasteiger partial charge in [-0.1, -0.05) is 11.6 Å². The molecule has 2 aliphatic rings. The second-order valence-corrected chi connectivity index (χ2v) is 9.39. The monoisotopic (exact) mass is 431 g/mol. The second kappa shape index (κ2) is 9.41.